The summed E-state index contributed by atoms with van der Waals surface area (Å²) >= 11 is 0. The molecule has 0 unspecified atom stereocenters. The Morgan fingerprint density at radius 3 is 2.39 bits per heavy atom. The molecule has 0 bridgehead atoms. The van der Waals surface area contributed by atoms with E-state index in [1.54, 1.807) is 0 Å². The van der Waals surface area contributed by atoms with Gasteiger partial charge in [-0.05, 0) is 24.8 Å². The molecule has 0 aliphatic carbocycles. The van der Waals surface area contributed by atoms with Gasteiger partial charge in [-0.1, -0.05) is 44.2 Å². The molecular weight excluding hydrogens is 226 g/mol. The van der Waals surface area contributed by atoms with Crippen LogP contribution >= 0.6 is 0 Å². The number of hydrogen-bond acceptors (Lipinski definition) is 2. The zero-order valence-corrected chi connectivity index (χ0v) is 11.2. The standard InChI is InChI=1S/C15H23NO2/c1-3-13(10-11-17)16-15(18)14(4-2)12-8-6-5-7-9-12/h5-9,13-14,17H,3-4,10-11H2,1-2H3,(H,16,18)/t13-,14+/m1/s1. The van der Waals surface area contributed by atoms with Gasteiger partial charge in [0.05, 0.1) is 5.92 Å². The first-order valence-electron chi connectivity index (χ1n) is 6.69. The van der Waals surface area contributed by atoms with Crippen molar-refractivity contribution in [2.75, 3.05) is 6.61 Å². The molecule has 0 heterocycles. The van der Waals surface area contributed by atoms with Gasteiger partial charge in [0.15, 0.2) is 0 Å². The Morgan fingerprint density at radius 2 is 1.89 bits per heavy atom. The molecule has 1 aromatic rings. The average molecular weight is 249 g/mol. The molecule has 0 saturated heterocycles. The first-order chi connectivity index (χ1) is 8.72. The lowest BCUT2D eigenvalue weighted by Gasteiger charge is -2.21. The van der Waals surface area contributed by atoms with Gasteiger partial charge in [0.25, 0.3) is 0 Å². The van der Waals surface area contributed by atoms with E-state index < -0.39 is 0 Å². The second-order valence-electron chi connectivity index (χ2n) is 4.50. The van der Waals surface area contributed by atoms with E-state index in [-0.39, 0.29) is 24.5 Å². The summed E-state index contributed by atoms with van der Waals surface area (Å²) in [7, 11) is 0. The lowest BCUT2D eigenvalue weighted by molar-refractivity contribution is -0.123. The van der Waals surface area contributed by atoms with Crippen molar-refractivity contribution in [1.82, 2.24) is 5.32 Å². The minimum Gasteiger partial charge on any atom is -0.396 e. The number of carbonyl (C=O) groups is 1. The number of carbonyl (C=O) groups excluding carboxylic acids is 1. The van der Waals surface area contributed by atoms with Gasteiger partial charge in [-0.25, -0.2) is 0 Å². The first kappa shape index (κ1) is 14.7. The Balaban J connectivity index is 2.68. The maximum absolute atomic E-state index is 12.2. The maximum atomic E-state index is 12.2. The normalized spacial score (nSPS) is 13.9. The summed E-state index contributed by atoms with van der Waals surface area (Å²) in [6.07, 6.45) is 2.25. The Labute approximate surface area is 109 Å². The van der Waals surface area contributed by atoms with Crippen molar-refractivity contribution >= 4 is 5.91 Å². The average Bonchev–Trinajstić information content (AvgIpc) is 2.40. The predicted octanol–water partition coefficient (Wildman–Crippen LogP) is 2.46. The number of benzene rings is 1. The van der Waals surface area contributed by atoms with Gasteiger partial charge in [0, 0.05) is 12.6 Å². The van der Waals surface area contributed by atoms with E-state index in [4.69, 9.17) is 5.11 Å². The SMILES string of the molecule is CC[C@H](CCO)NC(=O)[C@@H](CC)c1ccccc1. The number of rotatable bonds is 7. The molecule has 3 heteroatoms. The van der Waals surface area contributed by atoms with Crippen LogP contribution in [0.1, 0.15) is 44.6 Å². The summed E-state index contributed by atoms with van der Waals surface area (Å²) in [4.78, 5) is 12.2. The molecule has 0 aliphatic heterocycles. The van der Waals surface area contributed by atoms with Crippen molar-refractivity contribution in [3.63, 3.8) is 0 Å². The molecule has 2 N–H and O–H groups in total. The largest absolute Gasteiger partial charge is 0.396 e. The smallest absolute Gasteiger partial charge is 0.227 e. The van der Waals surface area contributed by atoms with Gasteiger partial charge >= 0.3 is 0 Å². The fourth-order valence-corrected chi connectivity index (χ4v) is 2.09. The maximum Gasteiger partial charge on any atom is 0.227 e. The second-order valence-corrected chi connectivity index (χ2v) is 4.50. The summed E-state index contributed by atoms with van der Waals surface area (Å²) in [5, 5.41) is 12.0. The highest BCUT2D eigenvalue weighted by Crippen LogP contribution is 2.19. The van der Waals surface area contributed by atoms with E-state index >= 15 is 0 Å². The number of nitrogens with one attached hydrogen (secondary N) is 1. The third-order valence-corrected chi connectivity index (χ3v) is 3.24. The van der Waals surface area contributed by atoms with E-state index in [2.05, 4.69) is 5.32 Å². The van der Waals surface area contributed by atoms with Gasteiger partial charge in [-0.15, -0.1) is 0 Å². The highest BCUT2D eigenvalue weighted by molar-refractivity contribution is 5.83. The molecule has 1 aromatic carbocycles. The van der Waals surface area contributed by atoms with Crippen molar-refractivity contribution in [3.8, 4) is 0 Å². The van der Waals surface area contributed by atoms with Crippen molar-refractivity contribution in [2.24, 2.45) is 0 Å². The molecule has 0 spiro atoms. The summed E-state index contributed by atoms with van der Waals surface area (Å²) < 4.78 is 0. The lowest BCUT2D eigenvalue weighted by atomic mass is 9.95. The van der Waals surface area contributed by atoms with Gasteiger partial charge in [-0.3, -0.25) is 4.79 Å². The third-order valence-electron chi connectivity index (χ3n) is 3.24. The molecule has 1 rings (SSSR count). The molecule has 0 fully saturated rings. The topological polar surface area (TPSA) is 49.3 Å². The summed E-state index contributed by atoms with van der Waals surface area (Å²) in [5.74, 6) is -0.0389. The zero-order valence-electron chi connectivity index (χ0n) is 11.2. The summed E-state index contributed by atoms with van der Waals surface area (Å²) in [5.41, 5.74) is 1.05. The third kappa shape index (κ3) is 4.15. The minimum absolute atomic E-state index is 0.0593. The molecule has 3 nitrogen and oxygen atoms in total. The molecule has 0 aromatic heterocycles. The number of amides is 1. The van der Waals surface area contributed by atoms with Crippen LogP contribution in [0.25, 0.3) is 0 Å². The van der Waals surface area contributed by atoms with Crippen LogP contribution in [0.15, 0.2) is 30.3 Å². The van der Waals surface area contributed by atoms with Crippen LogP contribution in [0.4, 0.5) is 0 Å². The van der Waals surface area contributed by atoms with Crippen LogP contribution in [0.5, 0.6) is 0 Å². The highest BCUT2D eigenvalue weighted by Gasteiger charge is 2.20. The van der Waals surface area contributed by atoms with Gasteiger partial charge in [0.2, 0.25) is 5.91 Å². The molecule has 1 amide bonds. The van der Waals surface area contributed by atoms with Crippen LogP contribution in [-0.4, -0.2) is 23.7 Å². The van der Waals surface area contributed by atoms with Crippen LogP contribution in [0, 0.1) is 0 Å². The van der Waals surface area contributed by atoms with E-state index in [1.807, 2.05) is 44.2 Å². The fourth-order valence-electron chi connectivity index (χ4n) is 2.09. The summed E-state index contributed by atoms with van der Waals surface area (Å²) in [6.45, 7) is 4.15. The molecule has 0 aliphatic rings. The molecular formula is C15H23NO2. The lowest BCUT2D eigenvalue weighted by Crippen LogP contribution is -2.38. The molecule has 2 atom stereocenters. The molecule has 18 heavy (non-hydrogen) atoms. The van der Waals surface area contributed by atoms with Crippen molar-refractivity contribution in [3.05, 3.63) is 35.9 Å². The van der Waals surface area contributed by atoms with Crippen LogP contribution in [-0.2, 0) is 4.79 Å². The van der Waals surface area contributed by atoms with Crippen molar-refractivity contribution in [2.45, 2.75) is 45.1 Å². The molecule has 0 saturated carbocycles. The van der Waals surface area contributed by atoms with Gasteiger partial charge < -0.3 is 10.4 Å². The number of hydrogen-bond donors (Lipinski definition) is 2. The second kappa shape index (κ2) is 7.88. The Hall–Kier alpha value is -1.35. The quantitative estimate of drug-likeness (QED) is 0.780. The van der Waals surface area contributed by atoms with Crippen molar-refractivity contribution in [1.29, 1.82) is 0 Å². The monoisotopic (exact) mass is 249 g/mol. The Kier molecular flexibility index (Phi) is 6.44. The fraction of sp³-hybridized carbons (Fsp3) is 0.533. The summed E-state index contributed by atoms with van der Waals surface area (Å²) in [6, 6.07) is 9.91. The minimum atomic E-state index is -0.0982. The number of aliphatic hydroxyl groups is 1. The van der Waals surface area contributed by atoms with Crippen LogP contribution in [0.3, 0.4) is 0 Å². The molecule has 100 valence electrons. The Bertz CT molecular complexity index is 351. The van der Waals surface area contributed by atoms with Gasteiger partial charge in [-0.2, -0.15) is 0 Å². The van der Waals surface area contributed by atoms with Crippen molar-refractivity contribution < 1.29 is 9.90 Å². The van der Waals surface area contributed by atoms with E-state index in [9.17, 15) is 4.79 Å². The van der Waals surface area contributed by atoms with Crippen LogP contribution in [0.2, 0.25) is 0 Å². The van der Waals surface area contributed by atoms with E-state index in [0.717, 1.165) is 18.4 Å². The van der Waals surface area contributed by atoms with Crippen LogP contribution < -0.4 is 5.32 Å². The highest BCUT2D eigenvalue weighted by atomic mass is 16.3. The van der Waals surface area contributed by atoms with Gasteiger partial charge in [0.1, 0.15) is 0 Å². The zero-order chi connectivity index (χ0) is 13.4. The number of aliphatic hydroxyl groups excluding tert-OH is 1. The molecule has 0 radical (unpaired) electrons. The first-order valence-corrected chi connectivity index (χ1v) is 6.69. The van der Waals surface area contributed by atoms with E-state index in [0.29, 0.717) is 6.42 Å². The predicted molar refractivity (Wildman–Crippen MR) is 73.4 cm³/mol. The Morgan fingerprint density at radius 1 is 1.22 bits per heavy atom. The van der Waals surface area contributed by atoms with E-state index in [1.165, 1.54) is 0 Å².